The third-order valence-corrected chi connectivity index (χ3v) is 4.45. The third-order valence-electron chi connectivity index (χ3n) is 4.05. The highest BCUT2D eigenvalue weighted by Gasteiger charge is 2.20. The number of hydrogen-bond donors (Lipinski definition) is 1. The number of fused-ring (bicyclic) bond motifs is 1. The van der Waals surface area contributed by atoms with E-state index in [2.05, 4.69) is 34.0 Å². The van der Waals surface area contributed by atoms with E-state index in [0.717, 1.165) is 24.4 Å². The molecule has 1 aromatic heterocycles. The maximum absolute atomic E-state index is 6.24. The average molecular weight is 278 g/mol. The number of aromatic nitrogens is 2. The van der Waals surface area contributed by atoms with Crippen LogP contribution in [0.15, 0.2) is 24.3 Å². The molecule has 102 valence electrons. The lowest BCUT2D eigenvalue weighted by molar-refractivity contribution is 0.378. The van der Waals surface area contributed by atoms with Gasteiger partial charge in [-0.1, -0.05) is 18.6 Å². The van der Waals surface area contributed by atoms with Crippen molar-refractivity contribution in [1.29, 1.82) is 0 Å². The molecule has 1 fully saturated rings. The molecule has 1 aliphatic carbocycles. The van der Waals surface area contributed by atoms with Gasteiger partial charge in [-0.25, -0.2) is 4.98 Å². The van der Waals surface area contributed by atoms with Gasteiger partial charge in [-0.15, -0.1) is 11.6 Å². The Hall–Kier alpha value is -1.22. The summed E-state index contributed by atoms with van der Waals surface area (Å²) < 4.78 is 2.12. The van der Waals surface area contributed by atoms with Crippen molar-refractivity contribution in [3.05, 3.63) is 24.3 Å². The molecule has 1 saturated carbocycles. The van der Waals surface area contributed by atoms with Crippen molar-refractivity contribution in [2.24, 2.45) is 13.0 Å². The van der Waals surface area contributed by atoms with E-state index in [4.69, 9.17) is 11.6 Å². The number of hydrogen-bond acceptors (Lipinski definition) is 2. The molecular formula is C15H20ClN3. The van der Waals surface area contributed by atoms with Crippen molar-refractivity contribution in [1.82, 2.24) is 9.55 Å². The van der Waals surface area contributed by atoms with Crippen LogP contribution in [0, 0.1) is 5.92 Å². The summed E-state index contributed by atoms with van der Waals surface area (Å²) in [6.07, 6.45) is 4.83. The van der Waals surface area contributed by atoms with E-state index in [1.165, 1.54) is 24.8 Å². The van der Waals surface area contributed by atoms with Crippen molar-refractivity contribution in [3.63, 3.8) is 0 Å². The molecule has 1 aromatic carbocycles. The number of benzene rings is 1. The van der Waals surface area contributed by atoms with Crippen LogP contribution in [0.25, 0.3) is 11.0 Å². The average Bonchev–Trinajstić information content (AvgIpc) is 2.74. The summed E-state index contributed by atoms with van der Waals surface area (Å²) in [4.78, 5) is 4.63. The number of nitrogens with zero attached hydrogens (tertiary/aromatic N) is 2. The zero-order chi connectivity index (χ0) is 13.2. The van der Waals surface area contributed by atoms with Crippen molar-refractivity contribution >= 4 is 28.6 Å². The number of imidazole rings is 1. The van der Waals surface area contributed by atoms with Gasteiger partial charge in [0, 0.05) is 19.0 Å². The lowest BCUT2D eigenvalue weighted by Gasteiger charge is -2.25. The number of aryl methyl sites for hydroxylation is 1. The summed E-state index contributed by atoms with van der Waals surface area (Å²) in [5.41, 5.74) is 2.22. The van der Waals surface area contributed by atoms with E-state index in [-0.39, 0.29) is 0 Å². The van der Waals surface area contributed by atoms with E-state index in [1.807, 2.05) is 12.1 Å². The molecule has 1 aliphatic rings. The number of nitrogens with one attached hydrogen (secondary N) is 1. The van der Waals surface area contributed by atoms with Crippen LogP contribution in [0.5, 0.6) is 0 Å². The second-order valence-electron chi connectivity index (χ2n) is 5.49. The molecule has 0 spiro atoms. The molecule has 3 rings (SSSR count). The van der Waals surface area contributed by atoms with Gasteiger partial charge in [0.25, 0.3) is 0 Å². The molecule has 19 heavy (non-hydrogen) atoms. The number of alkyl halides is 1. The minimum atomic E-state index is 0.362. The van der Waals surface area contributed by atoms with Gasteiger partial charge in [-0.05, 0) is 37.3 Å². The second-order valence-corrected chi connectivity index (χ2v) is 6.11. The maximum Gasteiger partial charge on any atom is 0.203 e. The van der Waals surface area contributed by atoms with E-state index in [0.29, 0.717) is 11.3 Å². The first kappa shape index (κ1) is 12.8. The van der Waals surface area contributed by atoms with Crippen LogP contribution in [0.1, 0.15) is 25.7 Å². The van der Waals surface area contributed by atoms with Gasteiger partial charge >= 0.3 is 0 Å². The smallest absolute Gasteiger partial charge is 0.203 e. The van der Waals surface area contributed by atoms with Gasteiger partial charge < -0.3 is 9.88 Å². The van der Waals surface area contributed by atoms with Gasteiger partial charge in [0.05, 0.1) is 11.0 Å². The minimum absolute atomic E-state index is 0.362. The molecule has 2 unspecified atom stereocenters. The first-order chi connectivity index (χ1) is 9.24. The molecule has 0 bridgehead atoms. The Morgan fingerprint density at radius 3 is 3.00 bits per heavy atom. The molecule has 2 aromatic rings. The minimum Gasteiger partial charge on any atom is -0.355 e. The standard InChI is InChI=1S/C15H20ClN3/c1-19-14-8-3-2-7-13(14)18-15(19)17-10-11-5-4-6-12(16)9-11/h2-3,7-8,11-12H,4-6,9-10H2,1H3,(H,17,18). The van der Waals surface area contributed by atoms with E-state index < -0.39 is 0 Å². The zero-order valence-corrected chi connectivity index (χ0v) is 12.0. The molecule has 0 radical (unpaired) electrons. The zero-order valence-electron chi connectivity index (χ0n) is 11.3. The van der Waals surface area contributed by atoms with Crippen molar-refractivity contribution in [2.45, 2.75) is 31.1 Å². The third kappa shape index (κ3) is 2.71. The van der Waals surface area contributed by atoms with Gasteiger partial charge in [0.1, 0.15) is 0 Å². The number of halogens is 1. The van der Waals surface area contributed by atoms with Crippen molar-refractivity contribution in [3.8, 4) is 0 Å². The van der Waals surface area contributed by atoms with Gasteiger partial charge in [0.15, 0.2) is 0 Å². The molecule has 2 atom stereocenters. The fourth-order valence-electron chi connectivity index (χ4n) is 2.95. The Balaban J connectivity index is 1.69. The first-order valence-corrected chi connectivity index (χ1v) is 7.47. The van der Waals surface area contributed by atoms with Gasteiger partial charge in [-0.2, -0.15) is 0 Å². The van der Waals surface area contributed by atoms with E-state index in [9.17, 15) is 0 Å². The molecule has 0 aliphatic heterocycles. The number of rotatable bonds is 3. The number of anilines is 1. The van der Waals surface area contributed by atoms with Crippen LogP contribution in [0.3, 0.4) is 0 Å². The molecule has 1 N–H and O–H groups in total. The highest BCUT2D eigenvalue weighted by atomic mass is 35.5. The summed E-state index contributed by atoms with van der Waals surface area (Å²) in [6, 6.07) is 8.23. The van der Waals surface area contributed by atoms with Crippen LogP contribution in [-0.2, 0) is 7.05 Å². The first-order valence-electron chi connectivity index (χ1n) is 7.03. The maximum atomic E-state index is 6.24. The molecule has 1 heterocycles. The fourth-order valence-corrected chi connectivity index (χ4v) is 3.36. The monoisotopic (exact) mass is 277 g/mol. The van der Waals surface area contributed by atoms with E-state index in [1.54, 1.807) is 0 Å². The number of para-hydroxylation sites is 2. The van der Waals surface area contributed by atoms with E-state index >= 15 is 0 Å². The Morgan fingerprint density at radius 2 is 2.21 bits per heavy atom. The summed E-state index contributed by atoms with van der Waals surface area (Å²) in [6.45, 7) is 0.973. The molecule has 0 saturated heterocycles. The largest absolute Gasteiger partial charge is 0.355 e. The van der Waals surface area contributed by atoms with Gasteiger partial charge in [0.2, 0.25) is 5.95 Å². The van der Waals surface area contributed by atoms with Crippen LogP contribution >= 0.6 is 11.6 Å². The van der Waals surface area contributed by atoms with Crippen LogP contribution in [0.2, 0.25) is 0 Å². The Labute approximate surface area is 119 Å². The SMILES string of the molecule is Cn1c(NCC2CCCC(Cl)C2)nc2ccccc21. The predicted molar refractivity (Wildman–Crippen MR) is 80.8 cm³/mol. The van der Waals surface area contributed by atoms with Gasteiger partial charge in [-0.3, -0.25) is 0 Å². The normalized spacial score (nSPS) is 23.7. The summed E-state index contributed by atoms with van der Waals surface area (Å²) in [5.74, 6) is 1.63. The Kier molecular flexibility index (Phi) is 3.65. The van der Waals surface area contributed by atoms with Crippen molar-refractivity contribution < 1.29 is 0 Å². The Morgan fingerprint density at radius 1 is 1.37 bits per heavy atom. The summed E-state index contributed by atoms with van der Waals surface area (Å²) in [5, 5.41) is 3.85. The fraction of sp³-hybridized carbons (Fsp3) is 0.533. The van der Waals surface area contributed by atoms with Crippen LogP contribution in [0.4, 0.5) is 5.95 Å². The van der Waals surface area contributed by atoms with Crippen LogP contribution in [-0.4, -0.2) is 21.5 Å². The lowest BCUT2D eigenvalue weighted by atomic mass is 9.89. The highest BCUT2D eigenvalue weighted by Crippen LogP contribution is 2.28. The quantitative estimate of drug-likeness (QED) is 0.865. The highest BCUT2D eigenvalue weighted by molar-refractivity contribution is 6.20. The molecular weight excluding hydrogens is 258 g/mol. The summed E-state index contributed by atoms with van der Waals surface area (Å²) in [7, 11) is 2.06. The summed E-state index contributed by atoms with van der Waals surface area (Å²) >= 11 is 6.24. The topological polar surface area (TPSA) is 29.9 Å². The second kappa shape index (κ2) is 5.41. The Bertz CT molecular complexity index is 564. The van der Waals surface area contributed by atoms with Crippen molar-refractivity contribution in [2.75, 3.05) is 11.9 Å². The predicted octanol–water partition coefficient (Wildman–Crippen LogP) is 3.78. The van der Waals surface area contributed by atoms with Crippen LogP contribution < -0.4 is 5.32 Å². The molecule has 3 nitrogen and oxygen atoms in total. The lowest BCUT2D eigenvalue weighted by Crippen LogP contribution is -2.23. The molecule has 0 amide bonds. The molecule has 4 heteroatoms.